The van der Waals surface area contributed by atoms with Crippen LogP contribution in [0.1, 0.15) is 21.5 Å². The van der Waals surface area contributed by atoms with Gasteiger partial charge in [0.25, 0.3) is 0 Å². The van der Waals surface area contributed by atoms with Gasteiger partial charge in [-0.3, -0.25) is 4.79 Å². The monoisotopic (exact) mass is 386 g/mol. The Labute approximate surface area is 161 Å². The van der Waals surface area contributed by atoms with Crippen LogP contribution in [0.5, 0.6) is 17.2 Å². The van der Waals surface area contributed by atoms with Crippen LogP contribution in [-0.4, -0.2) is 36.2 Å². The lowest BCUT2D eigenvalue weighted by Crippen LogP contribution is -2.05. The van der Waals surface area contributed by atoms with Gasteiger partial charge in [0.05, 0.1) is 25.3 Å². The predicted molar refractivity (Wildman–Crippen MR) is 105 cm³/mol. The van der Waals surface area contributed by atoms with Crippen LogP contribution in [0.2, 0.25) is 5.02 Å². The van der Waals surface area contributed by atoms with Gasteiger partial charge in [-0.15, -0.1) is 0 Å². The summed E-state index contributed by atoms with van der Waals surface area (Å²) in [7, 11) is 3.00. The first-order valence-corrected chi connectivity index (χ1v) is 8.91. The van der Waals surface area contributed by atoms with E-state index in [4.69, 9.17) is 21.1 Å². The van der Waals surface area contributed by atoms with Crippen molar-refractivity contribution in [3.63, 3.8) is 0 Å². The van der Waals surface area contributed by atoms with E-state index in [1.165, 1.54) is 14.2 Å². The number of aryl methyl sites for hydroxylation is 1. The van der Waals surface area contributed by atoms with Crippen LogP contribution in [0.25, 0.3) is 10.9 Å². The fourth-order valence-corrected chi connectivity index (χ4v) is 3.89. The Hall–Kier alpha value is -2.86. The van der Waals surface area contributed by atoms with E-state index < -0.39 is 0 Å². The maximum Gasteiger partial charge on any atom is 0.205 e. The van der Waals surface area contributed by atoms with E-state index in [1.807, 2.05) is 4.57 Å². The second-order valence-corrected chi connectivity index (χ2v) is 6.84. The SMILES string of the molecule is COc1c(O)c(C)c2c(C(=O)c3ccc(Cl)cc3)c3n(c2c1OC)CCN3. The Kier molecular flexibility index (Phi) is 4.15. The van der Waals surface area contributed by atoms with Crippen molar-refractivity contribution in [1.29, 1.82) is 0 Å². The molecule has 0 atom stereocenters. The predicted octanol–water partition coefficient (Wildman–Crippen LogP) is 3.98. The zero-order chi connectivity index (χ0) is 19.3. The number of aromatic hydroxyl groups is 1. The molecule has 3 aromatic rings. The number of nitrogens with zero attached hydrogens (tertiary/aromatic N) is 1. The molecule has 0 fully saturated rings. The number of aromatic nitrogens is 1. The minimum absolute atomic E-state index is 0.0312. The van der Waals surface area contributed by atoms with E-state index >= 15 is 0 Å². The number of benzene rings is 2. The zero-order valence-corrected chi connectivity index (χ0v) is 16.0. The molecule has 2 heterocycles. The molecular formula is C20H19ClN2O4. The average molecular weight is 387 g/mol. The summed E-state index contributed by atoms with van der Waals surface area (Å²) in [5, 5.41) is 15.2. The number of ketones is 1. The summed E-state index contributed by atoms with van der Waals surface area (Å²) >= 11 is 5.96. The number of rotatable bonds is 4. The highest BCUT2D eigenvalue weighted by atomic mass is 35.5. The van der Waals surface area contributed by atoms with E-state index in [9.17, 15) is 9.90 Å². The van der Waals surface area contributed by atoms with Crippen molar-refractivity contribution in [2.24, 2.45) is 0 Å². The Morgan fingerprint density at radius 2 is 1.85 bits per heavy atom. The minimum atomic E-state index is -0.144. The summed E-state index contributed by atoms with van der Waals surface area (Å²) < 4.78 is 12.9. The number of anilines is 1. The van der Waals surface area contributed by atoms with Crippen molar-refractivity contribution in [2.45, 2.75) is 13.5 Å². The molecule has 4 rings (SSSR count). The topological polar surface area (TPSA) is 72.7 Å². The van der Waals surface area contributed by atoms with E-state index in [-0.39, 0.29) is 17.3 Å². The molecule has 0 saturated heterocycles. The van der Waals surface area contributed by atoms with Crippen molar-refractivity contribution in [3.8, 4) is 17.2 Å². The summed E-state index contributed by atoms with van der Waals surface area (Å²) in [6.07, 6.45) is 0. The third-order valence-corrected chi connectivity index (χ3v) is 5.25. The van der Waals surface area contributed by atoms with Crippen LogP contribution < -0.4 is 14.8 Å². The average Bonchev–Trinajstić information content (AvgIpc) is 3.25. The highest BCUT2D eigenvalue weighted by Gasteiger charge is 2.32. The Morgan fingerprint density at radius 1 is 1.19 bits per heavy atom. The van der Waals surface area contributed by atoms with Crippen molar-refractivity contribution < 1.29 is 19.4 Å². The van der Waals surface area contributed by atoms with Gasteiger partial charge in [-0.05, 0) is 31.2 Å². The maximum absolute atomic E-state index is 13.4. The number of carbonyl (C=O) groups excluding carboxylic acids is 1. The maximum atomic E-state index is 13.4. The number of phenols is 1. The minimum Gasteiger partial charge on any atom is -0.504 e. The van der Waals surface area contributed by atoms with Gasteiger partial charge in [-0.2, -0.15) is 0 Å². The van der Waals surface area contributed by atoms with E-state index in [1.54, 1.807) is 31.2 Å². The third-order valence-electron chi connectivity index (χ3n) is 5.00. The Balaban J connectivity index is 2.09. The highest BCUT2D eigenvalue weighted by Crippen LogP contribution is 2.50. The summed E-state index contributed by atoms with van der Waals surface area (Å²) in [6.45, 7) is 3.16. The molecule has 7 heteroatoms. The summed E-state index contributed by atoms with van der Waals surface area (Å²) in [5.74, 6) is 1.22. The van der Waals surface area contributed by atoms with Gasteiger partial charge < -0.3 is 24.5 Å². The summed E-state index contributed by atoms with van der Waals surface area (Å²) in [6, 6.07) is 6.78. The first kappa shape index (κ1) is 17.5. The molecule has 0 amide bonds. The van der Waals surface area contributed by atoms with Crippen LogP contribution in [0.4, 0.5) is 5.82 Å². The van der Waals surface area contributed by atoms with Gasteiger partial charge in [-0.25, -0.2) is 0 Å². The van der Waals surface area contributed by atoms with Gasteiger partial charge >= 0.3 is 0 Å². The van der Waals surface area contributed by atoms with Gasteiger partial charge in [0.15, 0.2) is 17.3 Å². The standard InChI is InChI=1S/C20H19ClN2O4/c1-10-13-14(17(25)11-4-6-12(21)7-5-11)20-22-8-9-23(20)15(13)18(26-2)19(27-3)16(10)24/h4-7,22,24H,8-9H2,1-3H3. The molecule has 140 valence electrons. The molecule has 0 radical (unpaired) electrons. The van der Waals surface area contributed by atoms with Crippen molar-refractivity contribution in [2.75, 3.05) is 26.1 Å². The molecule has 2 aromatic carbocycles. The lowest BCUT2D eigenvalue weighted by atomic mass is 9.98. The fraction of sp³-hybridized carbons (Fsp3) is 0.250. The molecule has 27 heavy (non-hydrogen) atoms. The molecule has 6 nitrogen and oxygen atoms in total. The van der Waals surface area contributed by atoms with Gasteiger partial charge in [0, 0.05) is 34.6 Å². The van der Waals surface area contributed by atoms with Crippen molar-refractivity contribution in [1.82, 2.24) is 4.57 Å². The largest absolute Gasteiger partial charge is 0.504 e. The van der Waals surface area contributed by atoms with Crippen molar-refractivity contribution in [3.05, 3.63) is 46.0 Å². The van der Waals surface area contributed by atoms with Gasteiger partial charge in [0.2, 0.25) is 5.75 Å². The molecule has 0 saturated carbocycles. The van der Waals surface area contributed by atoms with Crippen LogP contribution in [-0.2, 0) is 6.54 Å². The molecule has 0 aliphatic carbocycles. The van der Waals surface area contributed by atoms with Gasteiger partial charge in [-0.1, -0.05) is 11.6 Å². The number of hydrogen-bond acceptors (Lipinski definition) is 5. The summed E-state index contributed by atoms with van der Waals surface area (Å²) in [4.78, 5) is 13.4. The molecule has 0 bridgehead atoms. The smallest absolute Gasteiger partial charge is 0.205 e. The van der Waals surface area contributed by atoms with Gasteiger partial charge in [0.1, 0.15) is 5.82 Å². The summed E-state index contributed by atoms with van der Waals surface area (Å²) in [5.41, 5.74) is 2.35. The lowest BCUT2D eigenvalue weighted by molar-refractivity contribution is 0.104. The number of ether oxygens (including phenoxy) is 2. The second kappa shape index (κ2) is 6.39. The van der Waals surface area contributed by atoms with Crippen molar-refractivity contribution >= 4 is 34.1 Å². The quantitative estimate of drug-likeness (QED) is 0.663. The molecule has 0 unspecified atom stereocenters. The number of fused-ring (bicyclic) bond motifs is 3. The molecule has 1 aliphatic rings. The Bertz CT molecular complexity index is 1070. The molecule has 1 aliphatic heterocycles. The molecule has 1 aromatic heterocycles. The molecular weight excluding hydrogens is 368 g/mol. The number of hydrogen-bond donors (Lipinski definition) is 2. The number of halogens is 1. The number of carbonyl (C=O) groups is 1. The van der Waals surface area contributed by atoms with E-state index in [0.29, 0.717) is 45.9 Å². The Morgan fingerprint density at radius 3 is 2.48 bits per heavy atom. The number of phenolic OH excluding ortho intramolecular Hbond substituents is 1. The molecule has 0 spiro atoms. The second-order valence-electron chi connectivity index (χ2n) is 6.40. The first-order valence-electron chi connectivity index (χ1n) is 8.53. The van der Waals surface area contributed by atoms with Crippen LogP contribution in [0.15, 0.2) is 24.3 Å². The van der Waals surface area contributed by atoms with E-state index in [2.05, 4.69) is 5.32 Å². The fourth-order valence-electron chi connectivity index (χ4n) is 3.76. The van der Waals surface area contributed by atoms with E-state index in [0.717, 1.165) is 11.3 Å². The third kappa shape index (κ3) is 2.44. The zero-order valence-electron chi connectivity index (χ0n) is 15.2. The van der Waals surface area contributed by atoms with Crippen LogP contribution in [0, 0.1) is 6.92 Å². The lowest BCUT2D eigenvalue weighted by Gasteiger charge is -2.15. The van der Waals surface area contributed by atoms with Crippen LogP contribution >= 0.6 is 11.6 Å². The number of methoxy groups -OCH3 is 2. The molecule has 2 N–H and O–H groups in total. The highest BCUT2D eigenvalue weighted by molar-refractivity contribution is 6.31. The number of nitrogens with one attached hydrogen (secondary N) is 1. The van der Waals surface area contributed by atoms with Crippen LogP contribution in [0.3, 0.4) is 0 Å². The first-order chi connectivity index (χ1) is 13.0. The normalized spacial score (nSPS) is 12.7.